The number of carbonyl (C=O) groups is 2. The van der Waals surface area contributed by atoms with Gasteiger partial charge in [0.05, 0.1) is 15.4 Å². The van der Waals surface area contributed by atoms with Crippen LogP contribution in [0.1, 0.15) is 20.0 Å². The van der Waals surface area contributed by atoms with Crippen molar-refractivity contribution in [3.8, 4) is 20.2 Å². The van der Waals surface area contributed by atoms with E-state index in [1.54, 1.807) is 47.0 Å². The summed E-state index contributed by atoms with van der Waals surface area (Å²) < 4.78 is 0. The van der Waals surface area contributed by atoms with E-state index in [0.29, 0.717) is 20.5 Å². The Morgan fingerprint density at radius 1 is 0.964 bits per heavy atom. The van der Waals surface area contributed by atoms with Crippen molar-refractivity contribution in [2.24, 2.45) is 0 Å². The Balaban J connectivity index is 1.62. The minimum absolute atomic E-state index is 0.0794. The van der Waals surface area contributed by atoms with Crippen LogP contribution in [0.2, 0.25) is 5.02 Å². The molecule has 8 heteroatoms. The Bertz CT molecular complexity index is 1140. The van der Waals surface area contributed by atoms with Crippen LogP contribution in [0.25, 0.3) is 20.2 Å². The first-order valence-electron chi connectivity index (χ1n) is 8.08. The van der Waals surface area contributed by atoms with E-state index in [2.05, 4.69) is 5.32 Å². The zero-order valence-electron chi connectivity index (χ0n) is 14.1. The zero-order chi connectivity index (χ0) is 19.7. The van der Waals surface area contributed by atoms with E-state index in [0.717, 1.165) is 15.3 Å². The third-order valence-electron chi connectivity index (χ3n) is 3.95. The quantitative estimate of drug-likeness (QED) is 0.354. The SMILES string of the molecule is O=C(Nc1csc(-c2ccc(Cl)cc2)c1C(=O)O)c1ccc(-c2cccs2)s1. The molecule has 1 aromatic carbocycles. The number of carboxylic acid groups (broad SMARTS) is 1. The van der Waals surface area contributed by atoms with E-state index in [1.807, 2.05) is 23.6 Å². The van der Waals surface area contributed by atoms with Gasteiger partial charge in [0.15, 0.2) is 0 Å². The highest BCUT2D eigenvalue weighted by atomic mass is 35.5. The van der Waals surface area contributed by atoms with Crippen LogP contribution in [0.4, 0.5) is 5.69 Å². The van der Waals surface area contributed by atoms with E-state index in [4.69, 9.17) is 11.6 Å². The maximum atomic E-state index is 12.7. The molecular weight excluding hydrogens is 434 g/mol. The number of carbonyl (C=O) groups excluding carboxylic acids is 1. The van der Waals surface area contributed by atoms with Gasteiger partial charge < -0.3 is 10.4 Å². The fourth-order valence-corrected chi connectivity index (χ4v) is 5.53. The molecule has 0 radical (unpaired) electrons. The first-order chi connectivity index (χ1) is 13.5. The largest absolute Gasteiger partial charge is 0.478 e. The second-order valence-electron chi connectivity index (χ2n) is 5.76. The topological polar surface area (TPSA) is 66.4 Å². The molecule has 3 aromatic heterocycles. The average Bonchev–Trinajstić information content (AvgIpc) is 3.42. The number of aromatic carboxylic acids is 1. The molecule has 0 spiro atoms. The molecule has 0 saturated heterocycles. The summed E-state index contributed by atoms with van der Waals surface area (Å²) in [6.45, 7) is 0. The average molecular weight is 446 g/mol. The number of nitrogens with one attached hydrogen (secondary N) is 1. The summed E-state index contributed by atoms with van der Waals surface area (Å²) in [5, 5.41) is 16.7. The second-order valence-corrected chi connectivity index (χ2v) is 9.11. The molecule has 28 heavy (non-hydrogen) atoms. The molecule has 3 heterocycles. The van der Waals surface area contributed by atoms with Gasteiger partial charge in [-0.05, 0) is 41.3 Å². The first kappa shape index (κ1) is 18.9. The van der Waals surface area contributed by atoms with Gasteiger partial charge in [-0.1, -0.05) is 29.8 Å². The summed E-state index contributed by atoms with van der Waals surface area (Å²) >= 11 is 10.2. The number of hydrogen-bond acceptors (Lipinski definition) is 5. The highest BCUT2D eigenvalue weighted by molar-refractivity contribution is 7.22. The standard InChI is InChI=1S/C20H12ClNO3S3/c21-12-5-3-11(4-6-12)18-17(20(24)25)13(10-27-18)22-19(23)16-8-7-15(28-16)14-2-1-9-26-14/h1-10H,(H,22,23)(H,24,25). The Labute approximate surface area is 177 Å². The van der Waals surface area contributed by atoms with Crippen molar-refractivity contribution >= 4 is 63.2 Å². The number of rotatable bonds is 5. The van der Waals surface area contributed by atoms with Crippen LogP contribution in [0, 0.1) is 0 Å². The molecule has 140 valence electrons. The Kier molecular flexibility index (Phi) is 5.32. The van der Waals surface area contributed by atoms with Gasteiger partial charge in [0, 0.05) is 20.2 Å². The lowest BCUT2D eigenvalue weighted by atomic mass is 10.1. The molecule has 2 N–H and O–H groups in total. The molecule has 0 aliphatic heterocycles. The number of thiophene rings is 3. The lowest BCUT2D eigenvalue weighted by Crippen LogP contribution is -2.12. The van der Waals surface area contributed by atoms with Crippen LogP contribution in [0.15, 0.2) is 59.3 Å². The van der Waals surface area contributed by atoms with Gasteiger partial charge in [-0.15, -0.1) is 34.0 Å². The molecule has 0 aliphatic carbocycles. The predicted molar refractivity (Wildman–Crippen MR) is 117 cm³/mol. The summed E-state index contributed by atoms with van der Waals surface area (Å²) in [5.41, 5.74) is 1.11. The Morgan fingerprint density at radius 2 is 1.75 bits per heavy atom. The molecule has 1 amide bonds. The summed E-state index contributed by atoms with van der Waals surface area (Å²) in [5.74, 6) is -1.41. The lowest BCUT2D eigenvalue weighted by Gasteiger charge is -2.05. The molecule has 0 aliphatic rings. The van der Waals surface area contributed by atoms with E-state index in [9.17, 15) is 14.7 Å². The Morgan fingerprint density at radius 3 is 2.43 bits per heavy atom. The summed E-state index contributed by atoms with van der Waals surface area (Å²) in [6, 6.07) is 14.5. The fraction of sp³-hybridized carbons (Fsp3) is 0. The fourth-order valence-electron chi connectivity index (χ4n) is 2.67. The molecule has 0 atom stereocenters. The van der Waals surface area contributed by atoms with Crippen LogP contribution in [0.3, 0.4) is 0 Å². The number of carboxylic acids is 1. The van der Waals surface area contributed by atoms with Crippen LogP contribution < -0.4 is 5.32 Å². The van der Waals surface area contributed by atoms with Crippen LogP contribution >= 0.6 is 45.6 Å². The maximum Gasteiger partial charge on any atom is 0.339 e. The van der Waals surface area contributed by atoms with Crippen molar-refractivity contribution in [1.82, 2.24) is 0 Å². The minimum atomic E-state index is -1.09. The highest BCUT2D eigenvalue weighted by Crippen LogP contribution is 2.37. The minimum Gasteiger partial charge on any atom is -0.478 e. The van der Waals surface area contributed by atoms with Crippen LogP contribution in [-0.4, -0.2) is 17.0 Å². The van der Waals surface area contributed by atoms with Gasteiger partial charge in [0.1, 0.15) is 5.56 Å². The van der Waals surface area contributed by atoms with Crippen LogP contribution in [0.5, 0.6) is 0 Å². The summed E-state index contributed by atoms with van der Waals surface area (Å²) in [4.78, 5) is 27.7. The van der Waals surface area contributed by atoms with Crippen molar-refractivity contribution in [2.45, 2.75) is 0 Å². The lowest BCUT2D eigenvalue weighted by molar-refractivity contribution is 0.0699. The van der Waals surface area contributed by atoms with E-state index in [-0.39, 0.29) is 11.5 Å². The first-order valence-corrected chi connectivity index (χ1v) is 11.0. The molecule has 4 aromatic rings. The molecule has 0 unspecified atom stereocenters. The van der Waals surface area contributed by atoms with Gasteiger partial charge in [-0.3, -0.25) is 4.79 Å². The third kappa shape index (κ3) is 3.74. The molecular formula is C20H12ClNO3S3. The normalized spacial score (nSPS) is 10.8. The smallest absolute Gasteiger partial charge is 0.339 e. The van der Waals surface area contributed by atoms with Gasteiger partial charge in [-0.2, -0.15) is 0 Å². The summed E-state index contributed by atoms with van der Waals surface area (Å²) in [6.07, 6.45) is 0. The number of halogens is 1. The van der Waals surface area contributed by atoms with Gasteiger partial charge in [0.25, 0.3) is 5.91 Å². The third-order valence-corrected chi connectivity index (χ3v) is 7.38. The number of amides is 1. The van der Waals surface area contributed by atoms with Crippen molar-refractivity contribution < 1.29 is 14.7 Å². The second kappa shape index (κ2) is 7.89. The van der Waals surface area contributed by atoms with Crippen molar-refractivity contribution in [3.63, 3.8) is 0 Å². The molecule has 4 rings (SSSR count). The van der Waals surface area contributed by atoms with Gasteiger partial charge in [-0.25, -0.2) is 4.79 Å². The number of benzene rings is 1. The summed E-state index contributed by atoms with van der Waals surface area (Å²) in [7, 11) is 0. The van der Waals surface area contributed by atoms with Crippen molar-refractivity contribution in [1.29, 1.82) is 0 Å². The van der Waals surface area contributed by atoms with Gasteiger partial charge >= 0.3 is 5.97 Å². The van der Waals surface area contributed by atoms with Crippen molar-refractivity contribution in [3.05, 3.63) is 74.8 Å². The predicted octanol–water partition coefficient (Wildman–Crippen LogP) is 6.81. The highest BCUT2D eigenvalue weighted by Gasteiger charge is 2.22. The van der Waals surface area contributed by atoms with E-state index < -0.39 is 5.97 Å². The zero-order valence-corrected chi connectivity index (χ0v) is 17.3. The number of anilines is 1. The number of hydrogen-bond donors (Lipinski definition) is 2. The van der Waals surface area contributed by atoms with Crippen molar-refractivity contribution in [2.75, 3.05) is 5.32 Å². The van der Waals surface area contributed by atoms with Crippen LogP contribution in [-0.2, 0) is 0 Å². The van der Waals surface area contributed by atoms with Gasteiger partial charge in [0.2, 0.25) is 0 Å². The monoisotopic (exact) mass is 445 g/mol. The molecule has 0 bridgehead atoms. The van der Waals surface area contributed by atoms with E-state index >= 15 is 0 Å². The molecule has 0 fully saturated rings. The Hall–Kier alpha value is -2.45. The van der Waals surface area contributed by atoms with E-state index in [1.165, 1.54) is 22.7 Å². The molecule has 4 nitrogen and oxygen atoms in total. The molecule has 0 saturated carbocycles. The maximum absolute atomic E-state index is 12.7.